The van der Waals surface area contributed by atoms with Crippen LogP contribution in [0.4, 0.5) is 0 Å². The molecule has 1 unspecified atom stereocenters. The van der Waals surface area contributed by atoms with Crippen molar-refractivity contribution < 1.29 is 9.53 Å². The normalized spacial score (nSPS) is 17.0. The van der Waals surface area contributed by atoms with E-state index in [2.05, 4.69) is 41.0 Å². The fraction of sp³-hybridized carbons (Fsp3) is 0.600. The molecule has 0 radical (unpaired) electrons. The number of hydrogen-bond acceptors (Lipinski definition) is 4. The number of benzene rings is 1. The summed E-state index contributed by atoms with van der Waals surface area (Å²) in [6.45, 7) is 7.17. The Hall–Kier alpha value is -1.00. The van der Waals surface area contributed by atoms with Gasteiger partial charge in [-0.1, -0.05) is 12.1 Å². The van der Waals surface area contributed by atoms with E-state index in [4.69, 9.17) is 4.74 Å². The summed E-state index contributed by atoms with van der Waals surface area (Å²) in [5, 5.41) is 9.61. The zero-order valence-electron chi connectivity index (χ0n) is 17.2. The molecule has 1 aromatic rings. The van der Waals surface area contributed by atoms with Crippen LogP contribution in [0.15, 0.2) is 29.3 Å². The van der Waals surface area contributed by atoms with Crippen LogP contribution in [0.2, 0.25) is 0 Å². The molecule has 1 aliphatic heterocycles. The first kappa shape index (κ1) is 25.0. The van der Waals surface area contributed by atoms with Gasteiger partial charge < -0.3 is 20.7 Å². The van der Waals surface area contributed by atoms with Crippen LogP contribution in [-0.2, 0) is 11.3 Å². The number of hydrogen-bond donors (Lipinski definition) is 3. The lowest BCUT2D eigenvalue weighted by Crippen LogP contribution is -2.43. The molecule has 158 valence electrons. The second kappa shape index (κ2) is 12.5. The molecule has 1 fully saturated rings. The van der Waals surface area contributed by atoms with E-state index in [1.165, 1.54) is 0 Å². The van der Waals surface area contributed by atoms with Gasteiger partial charge in [0.25, 0.3) is 5.91 Å². The number of ether oxygens (including phenoxy) is 1. The van der Waals surface area contributed by atoms with Gasteiger partial charge in [0.05, 0.1) is 6.10 Å². The number of nitrogens with one attached hydrogen (secondary N) is 3. The van der Waals surface area contributed by atoms with Gasteiger partial charge in [0, 0.05) is 43.6 Å². The monoisotopic (exact) mass is 520 g/mol. The van der Waals surface area contributed by atoms with Gasteiger partial charge in [-0.3, -0.25) is 9.79 Å². The van der Waals surface area contributed by atoms with Crippen molar-refractivity contribution in [2.45, 2.75) is 44.1 Å². The Labute approximate surface area is 190 Å². The number of aliphatic imine (C=N–C) groups is 1. The predicted molar refractivity (Wildman–Crippen MR) is 129 cm³/mol. The van der Waals surface area contributed by atoms with Crippen LogP contribution in [-0.4, -0.2) is 55.7 Å². The molecule has 3 N–H and O–H groups in total. The number of halogens is 1. The zero-order valence-corrected chi connectivity index (χ0v) is 20.4. The Morgan fingerprint density at radius 2 is 2.11 bits per heavy atom. The van der Waals surface area contributed by atoms with Gasteiger partial charge in [0.2, 0.25) is 0 Å². The highest BCUT2D eigenvalue weighted by molar-refractivity contribution is 14.0. The number of thioether (sulfide) groups is 1. The van der Waals surface area contributed by atoms with Gasteiger partial charge in [-0.15, -0.1) is 24.0 Å². The van der Waals surface area contributed by atoms with E-state index < -0.39 is 0 Å². The Balaban J connectivity index is 0.00000392. The van der Waals surface area contributed by atoms with Gasteiger partial charge in [0.1, 0.15) is 0 Å². The summed E-state index contributed by atoms with van der Waals surface area (Å²) < 4.78 is 5.69. The Morgan fingerprint density at radius 1 is 1.32 bits per heavy atom. The lowest BCUT2D eigenvalue weighted by atomic mass is 10.1. The maximum absolute atomic E-state index is 12.4. The molecule has 1 aliphatic rings. The molecule has 1 aromatic carbocycles. The quantitative estimate of drug-likeness (QED) is 0.279. The van der Waals surface area contributed by atoms with Gasteiger partial charge in [0.15, 0.2) is 5.96 Å². The van der Waals surface area contributed by atoms with Gasteiger partial charge in [-0.2, -0.15) is 11.8 Å². The number of nitrogens with zero attached hydrogens (tertiary/aromatic N) is 1. The van der Waals surface area contributed by atoms with E-state index in [1.54, 1.807) is 7.05 Å². The summed E-state index contributed by atoms with van der Waals surface area (Å²) in [6.07, 6.45) is 4.35. The number of carbonyl (C=O) groups is 1. The lowest BCUT2D eigenvalue weighted by Gasteiger charge is -2.23. The molecule has 8 heteroatoms. The summed E-state index contributed by atoms with van der Waals surface area (Å²) in [4.78, 5) is 16.6. The largest absolute Gasteiger partial charge is 0.376 e. The van der Waals surface area contributed by atoms with Crippen molar-refractivity contribution in [1.82, 2.24) is 16.0 Å². The lowest BCUT2D eigenvalue weighted by molar-refractivity contribution is 0.0857. The minimum Gasteiger partial charge on any atom is -0.376 e. The topological polar surface area (TPSA) is 74.8 Å². The molecule has 1 amide bonds. The molecule has 1 heterocycles. The van der Waals surface area contributed by atoms with E-state index in [0.29, 0.717) is 18.7 Å². The van der Waals surface area contributed by atoms with Crippen LogP contribution in [0.5, 0.6) is 0 Å². The molecule has 2 rings (SSSR count). The van der Waals surface area contributed by atoms with E-state index in [-0.39, 0.29) is 40.7 Å². The minimum absolute atomic E-state index is 0. The number of rotatable bonds is 8. The fourth-order valence-electron chi connectivity index (χ4n) is 2.71. The van der Waals surface area contributed by atoms with E-state index in [0.717, 1.165) is 37.5 Å². The average Bonchev–Trinajstić information content (AvgIpc) is 3.20. The maximum atomic E-state index is 12.4. The highest BCUT2D eigenvalue weighted by Gasteiger charge is 2.17. The SMILES string of the molecule is CN=C(NCc1cccc(C(=O)NCC2CCCO2)c1)NCC(C)(C)SC.I. The maximum Gasteiger partial charge on any atom is 0.251 e. The van der Waals surface area contributed by atoms with Gasteiger partial charge in [-0.05, 0) is 50.6 Å². The average molecular weight is 520 g/mol. The van der Waals surface area contributed by atoms with Crippen molar-refractivity contribution in [2.24, 2.45) is 4.99 Å². The molecular formula is C20H33IN4O2S. The van der Waals surface area contributed by atoms with Crippen molar-refractivity contribution in [3.63, 3.8) is 0 Å². The first-order chi connectivity index (χ1) is 12.9. The Morgan fingerprint density at radius 3 is 2.75 bits per heavy atom. The molecular weight excluding hydrogens is 487 g/mol. The van der Waals surface area contributed by atoms with Crippen LogP contribution in [0.25, 0.3) is 0 Å². The van der Waals surface area contributed by atoms with Crippen LogP contribution in [0.3, 0.4) is 0 Å². The standard InChI is InChI=1S/C20H32N4O2S.HI/c1-20(2,27-4)14-24-19(21-3)23-12-15-7-5-8-16(11-15)18(25)22-13-17-9-6-10-26-17;/h5,7-8,11,17H,6,9-10,12-14H2,1-4H3,(H,22,25)(H2,21,23,24);1H. The minimum atomic E-state index is -0.0587. The molecule has 28 heavy (non-hydrogen) atoms. The summed E-state index contributed by atoms with van der Waals surface area (Å²) >= 11 is 1.81. The second-order valence-corrected chi connectivity index (χ2v) is 8.80. The van der Waals surface area contributed by atoms with Crippen molar-refractivity contribution in [3.05, 3.63) is 35.4 Å². The van der Waals surface area contributed by atoms with Crippen molar-refractivity contribution in [3.8, 4) is 0 Å². The van der Waals surface area contributed by atoms with Crippen molar-refractivity contribution in [1.29, 1.82) is 0 Å². The number of guanidine groups is 1. The first-order valence-corrected chi connectivity index (χ1v) is 10.6. The van der Waals surface area contributed by atoms with E-state index in [9.17, 15) is 4.79 Å². The Bertz CT molecular complexity index is 649. The summed E-state index contributed by atoms with van der Waals surface area (Å²) in [5.74, 6) is 0.696. The summed E-state index contributed by atoms with van der Waals surface area (Å²) in [6, 6.07) is 7.66. The van der Waals surface area contributed by atoms with Gasteiger partial charge in [-0.25, -0.2) is 0 Å². The Kier molecular flexibility index (Phi) is 11.2. The molecule has 0 bridgehead atoms. The number of amides is 1. The smallest absolute Gasteiger partial charge is 0.251 e. The molecule has 1 saturated heterocycles. The molecule has 1 atom stereocenters. The highest BCUT2D eigenvalue weighted by Crippen LogP contribution is 2.19. The van der Waals surface area contributed by atoms with Crippen LogP contribution in [0, 0.1) is 0 Å². The molecule has 6 nitrogen and oxygen atoms in total. The summed E-state index contributed by atoms with van der Waals surface area (Å²) in [7, 11) is 1.76. The highest BCUT2D eigenvalue weighted by atomic mass is 127. The third kappa shape index (κ3) is 8.57. The number of carbonyl (C=O) groups excluding carboxylic acids is 1. The molecule has 0 spiro atoms. The molecule has 0 aliphatic carbocycles. The predicted octanol–water partition coefficient (Wildman–Crippen LogP) is 3.02. The molecule has 0 aromatic heterocycles. The second-order valence-electron chi connectivity index (χ2n) is 7.29. The molecule has 0 saturated carbocycles. The third-order valence-electron chi connectivity index (χ3n) is 4.62. The van der Waals surface area contributed by atoms with E-state index in [1.807, 2.05) is 36.0 Å². The van der Waals surface area contributed by atoms with Crippen LogP contribution in [0.1, 0.15) is 42.6 Å². The van der Waals surface area contributed by atoms with Crippen LogP contribution < -0.4 is 16.0 Å². The fourth-order valence-corrected chi connectivity index (χ4v) is 2.93. The van der Waals surface area contributed by atoms with Crippen molar-refractivity contribution >= 4 is 47.6 Å². The summed E-state index contributed by atoms with van der Waals surface area (Å²) in [5.41, 5.74) is 1.70. The van der Waals surface area contributed by atoms with E-state index >= 15 is 0 Å². The van der Waals surface area contributed by atoms with Gasteiger partial charge >= 0.3 is 0 Å². The third-order valence-corrected chi connectivity index (χ3v) is 5.87. The van der Waals surface area contributed by atoms with Crippen molar-refractivity contribution in [2.75, 3.05) is 33.0 Å². The zero-order chi connectivity index (χ0) is 19.7. The first-order valence-electron chi connectivity index (χ1n) is 9.42. The van der Waals surface area contributed by atoms with Crippen LogP contribution >= 0.6 is 35.7 Å².